The first-order valence-corrected chi connectivity index (χ1v) is 5.79. The standard InChI is InChI=1S/C10H11N5OS/c16-4-3-14-6-8(13-10(14)17)7-5-12-15-2-1-11-9(7)15/h4-6H,1-3H2,(H2,11,12,13,17)/p+1. The molecule has 88 valence electrons. The van der Waals surface area contributed by atoms with Gasteiger partial charge in [0.15, 0.2) is 4.77 Å². The van der Waals surface area contributed by atoms with Gasteiger partial charge in [-0.25, -0.2) is 5.10 Å². The number of rotatable bonds is 3. The number of carbonyl (C=O) groups is 1. The van der Waals surface area contributed by atoms with Crippen molar-refractivity contribution in [1.82, 2.24) is 14.6 Å². The van der Waals surface area contributed by atoms with Crippen LogP contribution in [0.15, 0.2) is 12.4 Å². The van der Waals surface area contributed by atoms with E-state index in [0.717, 1.165) is 36.5 Å². The molecule has 0 bridgehead atoms. The maximum absolute atomic E-state index is 10.5. The maximum Gasteiger partial charge on any atom is 0.304 e. The highest BCUT2D eigenvalue weighted by molar-refractivity contribution is 7.71. The average molecular weight is 250 g/mol. The van der Waals surface area contributed by atoms with Crippen LogP contribution in [-0.4, -0.2) is 27.5 Å². The fourth-order valence-corrected chi connectivity index (χ4v) is 2.30. The summed E-state index contributed by atoms with van der Waals surface area (Å²) in [5.41, 5.74) is 1.95. The van der Waals surface area contributed by atoms with E-state index in [4.69, 9.17) is 12.2 Å². The minimum atomic E-state index is 0.280. The summed E-state index contributed by atoms with van der Waals surface area (Å²) in [5.74, 6) is 1.06. The summed E-state index contributed by atoms with van der Waals surface area (Å²) in [5, 5.41) is 6.47. The van der Waals surface area contributed by atoms with Gasteiger partial charge in [-0.3, -0.25) is 5.32 Å². The van der Waals surface area contributed by atoms with Gasteiger partial charge in [0.25, 0.3) is 0 Å². The Balaban J connectivity index is 2.06. The maximum atomic E-state index is 10.5. The molecule has 1 aliphatic heterocycles. The largest absolute Gasteiger partial charge is 0.330 e. The molecule has 2 aromatic heterocycles. The molecule has 0 atom stereocenters. The first kappa shape index (κ1) is 10.3. The molecule has 7 heteroatoms. The number of H-pyrrole nitrogens is 2. The summed E-state index contributed by atoms with van der Waals surface area (Å²) in [6, 6.07) is 0. The lowest BCUT2D eigenvalue weighted by molar-refractivity contribution is -0.725. The van der Waals surface area contributed by atoms with Gasteiger partial charge in [0.05, 0.1) is 18.4 Å². The predicted molar refractivity (Wildman–Crippen MR) is 64.2 cm³/mol. The lowest BCUT2D eigenvalue weighted by atomic mass is 10.2. The number of fused-ring (bicyclic) bond motifs is 1. The number of imidazole rings is 1. The molecule has 0 amide bonds. The second kappa shape index (κ2) is 3.85. The van der Waals surface area contributed by atoms with Crippen LogP contribution < -0.4 is 10.00 Å². The molecule has 3 N–H and O–H groups in total. The molecule has 0 aromatic carbocycles. The Morgan fingerprint density at radius 3 is 3.29 bits per heavy atom. The van der Waals surface area contributed by atoms with E-state index in [1.54, 1.807) is 4.57 Å². The number of aromatic amines is 2. The summed E-state index contributed by atoms with van der Waals surface area (Å²) in [7, 11) is 0. The molecule has 3 heterocycles. The van der Waals surface area contributed by atoms with E-state index in [-0.39, 0.29) is 6.54 Å². The highest BCUT2D eigenvalue weighted by Crippen LogP contribution is 2.24. The van der Waals surface area contributed by atoms with Crippen LogP contribution in [0.4, 0.5) is 5.82 Å². The Morgan fingerprint density at radius 1 is 1.59 bits per heavy atom. The molecule has 0 radical (unpaired) electrons. The quantitative estimate of drug-likeness (QED) is 0.421. The first-order chi connectivity index (χ1) is 8.29. The van der Waals surface area contributed by atoms with Crippen LogP contribution in [-0.2, 0) is 17.9 Å². The van der Waals surface area contributed by atoms with Crippen molar-refractivity contribution in [1.29, 1.82) is 0 Å². The van der Waals surface area contributed by atoms with E-state index in [1.807, 2.05) is 17.1 Å². The third-order valence-electron chi connectivity index (χ3n) is 2.87. The molecule has 2 aromatic rings. The Hall–Kier alpha value is -1.89. The molecular weight excluding hydrogens is 238 g/mol. The monoisotopic (exact) mass is 250 g/mol. The summed E-state index contributed by atoms with van der Waals surface area (Å²) in [6.45, 7) is 2.14. The van der Waals surface area contributed by atoms with Crippen LogP contribution >= 0.6 is 12.2 Å². The van der Waals surface area contributed by atoms with Crippen LogP contribution in [0.1, 0.15) is 0 Å². The number of aldehydes is 1. The molecular formula is C10H12N5OS+. The van der Waals surface area contributed by atoms with Crippen molar-refractivity contribution >= 4 is 24.3 Å². The zero-order valence-electron chi connectivity index (χ0n) is 9.06. The third kappa shape index (κ3) is 1.59. The molecule has 0 aliphatic carbocycles. The molecule has 0 spiro atoms. The minimum absolute atomic E-state index is 0.280. The molecule has 0 unspecified atom stereocenters. The topological polar surface area (TPSA) is 69.5 Å². The SMILES string of the molecule is O=CCn1cc(-c2c[nH][n+]3c2NCC3)[nH]c1=S. The number of hydrogen-bond donors (Lipinski definition) is 3. The molecule has 6 nitrogen and oxygen atoms in total. The van der Waals surface area contributed by atoms with Crippen molar-refractivity contribution in [2.45, 2.75) is 13.1 Å². The highest BCUT2D eigenvalue weighted by atomic mass is 32.1. The van der Waals surface area contributed by atoms with Crippen molar-refractivity contribution in [3.8, 4) is 11.3 Å². The van der Waals surface area contributed by atoms with Crippen molar-refractivity contribution in [3.63, 3.8) is 0 Å². The van der Waals surface area contributed by atoms with Gasteiger partial charge < -0.3 is 14.3 Å². The summed E-state index contributed by atoms with van der Waals surface area (Å²) >= 11 is 5.15. The van der Waals surface area contributed by atoms with Crippen LogP contribution in [0.3, 0.4) is 0 Å². The molecule has 3 rings (SSSR count). The fourth-order valence-electron chi connectivity index (χ4n) is 2.07. The van der Waals surface area contributed by atoms with Gasteiger partial charge in [0, 0.05) is 6.20 Å². The Labute approximate surface area is 102 Å². The number of aromatic nitrogens is 4. The van der Waals surface area contributed by atoms with Crippen LogP contribution in [0, 0.1) is 4.77 Å². The van der Waals surface area contributed by atoms with Gasteiger partial charge in [-0.2, -0.15) is 4.68 Å². The van der Waals surface area contributed by atoms with Crippen molar-refractivity contribution in [2.75, 3.05) is 11.9 Å². The average Bonchev–Trinajstić information content (AvgIpc) is 2.94. The van der Waals surface area contributed by atoms with Gasteiger partial charge in [0.1, 0.15) is 24.9 Å². The molecule has 1 aliphatic rings. The zero-order valence-corrected chi connectivity index (χ0v) is 9.88. The molecule has 0 fully saturated rings. The van der Waals surface area contributed by atoms with Crippen LogP contribution in [0.5, 0.6) is 0 Å². The van der Waals surface area contributed by atoms with E-state index in [9.17, 15) is 4.79 Å². The lowest BCUT2D eigenvalue weighted by Crippen LogP contribution is -2.32. The Kier molecular flexibility index (Phi) is 2.32. The summed E-state index contributed by atoms with van der Waals surface area (Å²) < 4.78 is 4.32. The predicted octanol–water partition coefficient (Wildman–Crippen LogP) is 0.453. The number of carbonyl (C=O) groups excluding carboxylic acids is 1. The Morgan fingerprint density at radius 2 is 2.47 bits per heavy atom. The van der Waals surface area contributed by atoms with Crippen LogP contribution in [0.2, 0.25) is 0 Å². The highest BCUT2D eigenvalue weighted by Gasteiger charge is 2.25. The second-order valence-corrected chi connectivity index (χ2v) is 4.29. The zero-order chi connectivity index (χ0) is 11.8. The van der Waals surface area contributed by atoms with E-state index < -0.39 is 0 Å². The van der Waals surface area contributed by atoms with Gasteiger partial charge in [-0.15, -0.1) is 0 Å². The number of hydrogen-bond acceptors (Lipinski definition) is 3. The Bertz CT molecular complexity index is 623. The smallest absolute Gasteiger partial charge is 0.304 e. The normalized spacial score (nSPS) is 13.4. The molecule has 0 saturated heterocycles. The van der Waals surface area contributed by atoms with Crippen LogP contribution in [0.25, 0.3) is 11.3 Å². The van der Waals surface area contributed by atoms with E-state index >= 15 is 0 Å². The minimum Gasteiger partial charge on any atom is -0.330 e. The van der Waals surface area contributed by atoms with Gasteiger partial charge in [-0.1, -0.05) is 0 Å². The third-order valence-corrected chi connectivity index (χ3v) is 3.20. The van der Waals surface area contributed by atoms with E-state index in [2.05, 4.69) is 15.4 Å². The van der Waals surface area contributed by atoms with Crippen molar-refractivity contribution in [2.24, 2.45) is 0 Å². The van der Waals surface area contributed by atoms with E-state index in [1.165, 1.54) is 0 Å². The van der Waals surface area contributed by atoms with Gasteiger partial charge in [-0.05, 0) is 12.2 Å². The number of nitrogens with zero attached hydrogens (tertiary/aromatic N) is 2. The number of nitrogens with one attached hydrogen (secondary N) is 3. The van der Waals surface area contributed by atoms with Crippen molar-refractivity contribution < 1.29 is 9.48 Å². The van der Waals surface area contributed by atoms with Crippen molar-refractivity contribution in [3.05, 3.63) is 17.2 Å². The fraction of sp³-hybridized carbons (Fsp3) is 0.300. The number of anilines is 1. The second-order valence-electron chi connectivity index (χ2n) is 3.91. The van der Waals surface area contributed by atoms with Gasteiger partial charge >= 0.3 is 5.82 Å². The van der Waals surface area contributed by atoms with Gasteiger partial charge in [0.2, 0.25) is 0 Å². The summed E-state index contributed by atoms with van der Waals surface area (Å²) in [6.07, 6.45) is 4.62. The van der Waals surface area contributed by atoms with E-state index in [0.29, 0.717) is 4.77 Å². The summed E-state index contributed by atoms with van der Waals surface area (Å²) in [4.78, 5) is 13.6. The first-order valence-electron chi connectivity index (χ1n) is 5.38. The molecule has 17 heavy (non-hydrogen) atoms. The lowest BCUT2D eigenvalue weighted by Gasteiger charge is -1.92. The molecule has 0 saturated carbocycles.